The van der Waals surface area contributed by atoms with E-state index in [0.29, 0.717) is 17.4 Å². The Hall–Kier alpha value is -1.91. The van der Waals surface area contributed by atoms with Gasteiger partial charge in [0.05, 0.1) is 11.8 Å². The number of nitrogens with one attached hydrogen (secondary N) is 1. The first-order valence-electron chi connectivity index (χ1n) is 5.61. The summed E-state index contributed by atoms with van der Waals surface area (Å²) in [5, 5.41) is 4.23. The fourth-order valence-corrected chi connectivity index (χ4v) is 1.52. The standard InChI is InChI=1S/C12H16N4O/c1-7(2)16-6-10(5-13-16)11-14-9(4)8(3)12(17)15-11/h5-7H,1-4H3,(H,14,15,17). The zero-order valence-corrected chi connectivity index (χ0v) is 10.5. The van der Waals surface area contributed by atoms with Crippen molar-refractivity contribution in [2.75, 3.05) is 0 Å². The smallest absolute Gasteiger partial charge is 0.254 e. The third-order valence-electron chi connectivity index (χ3n) is 2.80. The molecular formula is C12H16N4O. The second kappa shape index (κ2) is 4.16. The summed E-state index contributed by atoms with van der Waals surface area (Å²) in [5.41, 5.74) is 2.15. The van der Waals surface area contributed by atoms with E-state index in [1.807, 2.05) is 31.6 Å². The average molecular weight is 232 g/mol. The molecular weight excluding hydrogens is 216 g/mol. The Morgan fingerprint density at radius 2 is 2.06 bits per heavy atom. The van der Waals surface area contributed by atoms with Crippen LogP contribution >= 0.6 is 0 Å². The molecule has 17 heavy (non-hydrogen) atoms. The van der Waals surface area contributed by atoms with Crippen LogP contribution in [0.1, 0.15) is 31.1 Å². The zero-order chi connectivity index (χ0) is 12.6. The quantitative estimate of drug-likeness (QED) is 0.859. The molecule has 2 aromatic rings. The topological polar surface area (TPSA) is 63.6 Å². The van der Waals surface area contributed by atoms with Gasteiger partial charge in [-0.3, -0.25) is 9.48 Å². The lowest BCUT2D eigenvalue weighted by atomic mass is 10.2. The summed E-state index contributed by atoms with van der Waals surface area (Å²) >= 11 is 0. The van der Waals surface area contributed by atoms with E-state index in [1.54, 1.807) is 13.1 Å². The molecule has 0 unspecified atom stereocenters. The molecule has 0 saturated carbocycles. The minimum Gasteiger partial charge on any atom is -0.306 e. The molecule has 2 heterocycles. The van der Waals surface area contributed by atoms with Gasteiger partial charge in [-0.25, -0.2) is 4.98 Å². The van der Waals surface area contributed by atoms with Crippen molar-refractivity contribution in [2.45, 2.75) is 33.7 Å². The van der Waals surface area contributed by atoms with Crippen molar-refractivity contribution in [1.82, 2.24) is 19.7 Å². The van der Waals surface area contributed by atoms with E-state index in [-0.39, 0.29) is 5.56 Å². The van der Waals surface area contributed by atoms with Crippen LogP contribution in [0.4, 0.5) is 0 Å². The molecule has 0 atom stereocenters. The van der Waals surface area contributed by atoms with Crippen molar-refractivity contribution in [3.8, 4) is 11.4 Å². The normalized spacial score (nSPS) is 11.1. The molecule has 0 fully saturated rings. The summed E-state index contributed by atoms with van der Waals surface area (Å²) in [5.74, 6) is 0.574. The predicted octanol–water partition coefficient (Wildman–Crippen LogP) is 1.83. The first-order chi connectivity index (χ1) is 7.99. The lowest BCUT2D eigenvalue weighted by molar-refractivity contribution is 0.532. The lowest BCUT2D eigenvalue weighted by Crippen LogP contribution is -2.14. The van der Waals surface area contributed by atoms with E-state index in [2.05, 4.69) is 15.1 Å². The van der Waals surface area contributed by atoms with Crippen LogP contribution in [0, 0.1) is 13.8 Å². The van der Waals surface area contributed by atoms with Gasteiger partial charge in [-0.05, 0) is 27.7 Å². The predicted molar refractivity (Wildman–Crippen MR) is 65.9 cm³/mol. The molecule has 0 amide bonds. The SMILES string of the molecule is Cc1nc(-c2cnn(C(C)C)c2)[nH]c(=O)c1C. The second-order valence-electron chi connectivity index (χ2n) is 4.43. The zero-order valence-electron chi connectivity index (χ0n) is 10.5. The van der Waals surface area contributed by atoms with E-state index < -0.39 is 0 Å². The molecule has 0 aromatic carbocycles. The molecule has 2 rings (SSSR count). The van der Waals surface area contributed by atoms with Gasteiger partial charge in [0.1, 0.15) is 5.82 Å². The van der Waals surface area contributed by atoms with Crippen molar-refractivity contribution in [2.24, 2.45) is 0 Å². The minimum atomic E-state index is -0.0928. The maximum atomic E-state index is 11.7. The molecule has 5 heteroatoms. The molecule has 0 spiro atoms. The van der Waals surface area contributed by atoms with Gasteiger partial charge in [0.25, 0.3) is 5.56 Å². The third-order valence-corrected chi connectivity index (χ3v) is 2.80. The van der Waals surface area contributed by atoms with Crippen LogP contribution in [-0.2, 0) is 0 Å². The van der Waals surface area contributed by atoms with Gasteiger partial charge in [-0.2, -0.15) is 5.10 Å². The number of nitrogens with zero attached hydrogens (tertiary/aromatic N) is 3. The fourth-order valence-electron chi connectivity index (χ4n) is 1.52. The summed E-state index contributed by atoms with van der Waals surface area (Å²) < 4.78 is 1.84. The maximum absolute atomic E-state index is 11.7. The molecule has 0 aliphatic carbocycles. The van der Waals surface area contributed by atoms with Gasteiger partial charge in [-0.1, -0.05) is 0 Å². The first-order valence-corrected chi connectivity index (χ1v) is 5.61. The number of aromatic nitrogens is 4. The summed E-state index contributed by atoms with van der Waals surface area (Å²) in [6.45, 7) is 7.70. The molecule has 90 valence electrons. The molecule has 5 nitrogen and oxygen atoms in total. The van der Waals surface area contributed by atoms with Crippen molar-refractivity contribution < 1.29 is 0 Å². The molecule has 0 bridgehead atoms. The van der Waals surface area contributed by atoms with Crippen LogP contribution in [0.15, 0.2) is 17.2 Å². The highest BCUT2D eigenvalue weighted by molar-refractivity contribution is 5.52. The van der Waals surface area contributed by atoms with E-state index >= 15 is 0 Å². The van der Waals surface area contributed by atoms with Crippen molar-refractivity contribution in [3.05, 3.63) is 34.0 Å². The molecule has 2 aromatic heterocycles. The van der Waals surface area contributed by atoms with E-state index in [1.165, 1.54) is 0 Å². The molecule has 0 radical (unpaired) electrons. The minimum absolute atomic E-state index is 0.0928. The molecule has 0 saturated heterocycles. The summed E-state index contributed by atoms with van der Waals surface area (Å²) in [7, 11) is 0. The second-order valence-corrected chi connectivity index (χ2v) is 4.43. The summed E-state index contributed by atoms with van der Waals surface area (Å²) in [6.07, 6.45) is 3.60. The molecule has 0 aliphatic heterocycles. The highest BCUT2D eigenvalue weighted by atomic mass is 16.1. The van der Waals surface area contributed by atoms with E-state index in [0.717, 1.165) is 11.3 Å². The number of aryl methyl sites for hydroxylation is 1. The number of hydrogen-bond acceptors (Lipinski definition) is 3. The van der Waals surface area contributed by atoms with Gasteiger partial charge in [0, 0.05) is 23.5 Å². The van der Waals surface area contributed by atoms with Crippen molar-refractivity contribution >= 4 is 0 Å². The molecule has 1 N–H and O–H groups in total. The highest BCUT2D eigenvalue weighted by Crippen LogP contribution is 2.15. The van der Waals surface area contributed by atoms with E-state index in [9.17, 15) is 4.79 Å². The molecule has 0 aliphatic rings. The summed E-state index contributed by atoms with van der Waals surface area (Å²) in [4.78, 5) is 18.8. The Morgan fingerprint density at radius 1 is 1.35 bits per heavy atom. The van der Waals surface area contributed by atoms with Crippen LogP contribution in [0.5, 0.6) is 0 Å². The third kappa shape index (κ3) is 2.13. The van der Waals surface area contributed by atoms with Crippen molar-refractivity contribution in [3.63, 3.8) is 0 Å². The maximum Gasteiger partial charge on any atom is 0.254 e. The number of aromatic amines is 1. The van der Waals surface area contributed by atoms with Crippen LogP contribution in [0.2, 0.25) is 0 Å². The Labute approximate surface area is 99.5 Å². The Balaban J connectivity index is 2.49. The number of hydrogen-bond donors (Lipinski definition) is 1. The first kappa shape index (κ1) is 11.6. The highest BCUT2D eigenvalue weighted by Gasteiger charge is 2.08. The van der Waals surface area contributed by atoms with Gasteiger partial charge in [-0.15, -0.1) is 0 Å². The fraction of sp³-hybridized carbons (Fsp3) is 0.417. The van der Waals surface area contributed by atoms with Crippen molar-refractivity contribution in [1.29, 1.82) is 0 Å². The van der Waals surface area contributed by atoms with Gasteiger partial charge < -0.3 is 4.98 Å². The summed E-state index contributed by atoms with van der Waals surface area (Å²) in [6, 6.07) is 0.294. The lowest BCUT2D eigenvalue weighted by Gasteiger charge is -2.03. The largest absolute Gasteiger partial charge is 0.306 e. The van der Waals surface area contributed by atoms with Crippen LogP contribution < -0.4 is 5.56 Å². The van der Waals surface area contributed by atoms with Gasteiger partial charge in [0.2, 0.25) is 0 Å². The number of H-pyrrole nitrogens is 1. The number of rotatable bonds is 2. The van der Waals surface area contributed by atoms with Crippen LogP contribution in [0.3, 0.4) is 0 Å². The Bertz CT molecular complexity index is 595. The average Bonchev–Trinajstić information content (AvgIpc) is 2.74. The Kier molecular flexibility index (Phi) is 2.83. The Morgan fingerprint density at radius 3 is 2.59 bits per heavy atom. The van der Waals surface area contributed by atoms with Crippen LogP contribution in [-0.4, -0.2) is 19.7 Å². The van der Waals surface area contributed by atoms with Gasteiger partial charge >= 0.3 is 0 Å². The van der Waals surface area contributed by atoms with E-state index in [4.69, 9.17) is 0 Å². The van der Waals surface area contributed by atoms with Crippen LogP contribution in [0.25, 0.3) is 11.4 Å². The van der Waals surface area contributed by atoms with Gasteiger partial charge in [0.15, 0.2) is 0 Å². The monoisotopic (exact) mass is 232 g/mol.